The highest BCUT2D eigenvalue weighted by Gasteiger charge is 2.23. The van der Waals surface area contributed by atoms with Gasteiger partial charge in [-0.1, -0.05) is 6.07 Å². The van der Waals surface area contributed by atoms with Gasteiger partial charge in [-0.3, -0.25) is 9.88 Å². The molecule has 1 fully saturated rings. The number of aromatic amines is 1. The minimum atomic E-state index is -0.441. The van der Waals surface area contributed by atoms with Crippen molar-refractivity contribution in [1.29, 1.82) is 0 Å². The molecule has 1 unspecified atom stereocenters. The number of aromatic nitrogens is 1. The first-order chi connectivity index (χ1) is 8.78. The van der Waals surface area contributed by atoms with Gasteiger partial charge in [0.05, 0.1) is 18.2 Å². The third kappa shape index (κ3) is 1.95. The third-order valence-corrected chi connectivity index (χ3v) is 3.58. The molecule has 1 aliphatic rings. The molecule has 5 nitrogen and oxygen atoms in total. The predicted octanol–water partition coefficient (Wildman–Crippen LogP) is 1.25. The Morgan fingerprint density at radius 1 is 1.39 bits per heavy atom. The van der Waals surface area contributed by atoms with Gasteiger partial charge in [-0.05, 0) is 43.6 Å². The summed E-state index contributed by atoms with van der Waals surface area (Å²) in [5.74, 6) is -0.441. The van der Waals surface area contributed by atoms with Crippen LogP contribution in [0.4, 0.5) is 0 Å². The number of fused-ring (bicyclic) bond motifs is 1. The van der Waals surface area contributed by atoms with Gasteiger partial charge in [0, 0.05) is 0 Å². The summed E-state index contributed by atoms with van der Waals surface area (Å²) in [4.78, 5) is 16.0. The molecule has 0 bridgehead atoms. The van der Waals surface area contributed by atoms with Gasteiger partial charge in [-0.25, -0.2) is 4.79 Å². The van der Waals surface area contributed by atoms with Gasteiger partial charge in [-0.2, -0.15) is 0 Å². The Morgan fingerprint density at radius 2 is 2.17 bits per heavy atom. The number of H-pyrrole nitrogens is 1. The van der Waals surface area contributed by atoms with Crippen molar-refractivity contribution in [3.8, 4) is 0 Å². The van der Waals surface area contributed by atoms with E-state index in [0.717, 1.165) is 18.7 Å². The summed E-state index contributed by atoms with van der Waals surface area (Å²) in [6.07, 6.45) is 2.36. The minimum Gasteiger partial charge on any atom is -0.408 e. The highest BCUT2D eigenvalue weighted by molar-refractivity contribution is 5.72. The number of oxazole rings is 1. The first kappa shape index (κ1) is 11.5. The maximum absolute atomic E-state index is 11.1. The first-order valence-corrected chi connectivity index (χ1v) is 6.25. The molecule has 18 heavy (non-hydrogen) atoms. The smallest absolute Gasteiger partial charge is 0.408 e. The van der Waals surface area contributed by atoms with E-state index in [2.05, 4.69) is 9.88 Å². The van der Waals surface area contributed by atoms with Crippen molar-refractivity contribution in [3.05, 3.63) is 34.3 Å². The van der Waals surface area contributed by atoms with E-state index < -0.39 is 5.76 Å². The van der Waals surface area contributed by atoms with Crippen molar-refractivity contribution >= 4 is 11.1 Å². The largest absolute Gasteiger partial charge is 0.417 e. The topological polar surface area (TPSA) is 69.5 Å². The molecule has 0 radical (unpaired) electrons. The molecule has 0 spiro atoms. The molecule has 2 heterocycles. The molecule has 0 amide bonds. The van der Waals surface area contributed by atoms with Crippen LogP contribution in [0.2, 0.25) is 0 Å². The van der Waals surface area contributed by atoms with Crippen LogP contribution in [0.25, 0.3) is 11.1 Å². The van der Waals surface area contributed by atoms with E-state index in [-0.39, 0.29) is 12.6 Å². The van der Waals surface area contributed by atoms with Crippen LogP contribution in [0.1, 0.15) is 24.4 Å². The van der Waals surface area contributed by atoms with Gasteiger partial charge in [0.1, 0.15) is 0 Å². The van der Waals surface area contributed by atoms with Gasteiger partial charge < -0.3 is 9.52 Å². The first-order valence-electron chi connectivity index (χ1n) is 6.25. The number of aliphatic hydroxyl groups is 1. The molecule has 1 atom stereocenters. The fourth-order valence-corrected chi connectivity index (χ4v) is 2.65. The van der Waals surface area contributed by atoms with Crippen LogP contribution in [0.3, 0.4) is 0 Å². The Labute approximate surface area is 104 Å². The normalized spacial score (nSPS) is 18.5. The molecule has 2 N–H and O–H groups in total. The third-order valence-electron chi connectivity index (χ3n) is 3.58. The molecule has 2 aromatic rings. The number of hydrogen-bond acceptors (Lipinski definition) is 4. The summed E-state index contributed by atoms with van der Waals surface area (Å²) in [6, 6.07) is 5.60. The number of likely N-dealkylation sites (tertiary alicyclic amines) is 1. The monoisotopic (exact) mass is 248 g/mol. The number of benzene rings is 1. The van der Waals surface area contributed by atoms with Crippen molar-refractivity contribution in [2.45, 2.75) is 18.9 Å². The van der Waals surface area contributed by atoms with Crippen LogP contribution < -0.4 is 5.76 Å². The van der Waals surface area contributed by atoms with Crippen LogP contribution in [-0.4, -0.2) is 34.7 Å². The lowest BCUT2D eigenvalue weighted by molar-refractivity contribution is 0.147. The molecule has 1 aromatic heterocycles. The van der Waals surface area contributed by atoms with E-state index in [1.165, 1.54) is 12.8 Å². The van der Waals surface area contributed by atoms with Crippen molar-refractivity contribution in [2.75, 3.05) is 19.7 Å². The molecule has 1 saturated heterocycles. The van der Waals surface area contributed by atoms with E-state index in [0.29, 0.717) is 11.1 Å². The molecule has 0 saturated carbocycles. The summed E-state index contributed by atoms with van der Waals surface area (Å²) in [7, 11) is 0. The van der Waals surface area contributed by atoms with Crippen molar-refractivity contribution in [1.82, 2.24) is 9.88 Å². The zero-order valence-electron chi connectivity index (χ0n) is 10.1. The molecule has 0 aliphatic carbocycles. The van der Waals surface area contributed by atoms with E-state index >= 15 is 0 Å². The second-order valence-electron chi connectivity index (χ2n) is 4.71. The number of nitrogens with zero attached hydrogens (tertiary/aromatic N) is 1. The quantitative estimate of drug-likeness (QED) is 0.857. The second-order valence-corrected chi connectivity index (χ2v) is 4.71. The standard InChI is InChI=1S/C13H16N2O3/c16-8-11(15-5-1-2-6-15)9-3-4-10-12(7-9)18-13(17)14-10/h3-4,7,11,16H,1-2,5-6,8H2,(H,14,17). The zero-order chi connectivity index (χ0) is 12.5. The van der Waals surface area contributed by atoms with Crippen molar-refractivity contribution in [3.63, 3.8) is 0 Å². The SMILES string of the molecule is O=c1[nH]c2ccc(C(CO)N3CCCC3)cc2o1. The van der Waals surface area contributed by atoms with Gasteiger partial charge in [0.2, 0.25) is 0 Å². The number of nitrogens with one attached hydrogen (secondary N) is 1. The van der Waals surface area contributed by atoms with Crippen LogP contribution >= 0.6 is 0 Å². The lowest BCUT2D eigenvalue weighted by Crippen LogP contribution is -2.28. The van der Waals surface area contributed by atoms with Crippen LogP contribution in [0.5, 0.6) is 0 Å². The molecule has 1 aliphatic heterocycles. The van der Waals surface area contributed by atoms with E-state index in [4.69, 9.17) is 4.42 Å². The Kier molecular flexibility index (Phi) is 2.93. The summed E-state index contributed by atoms with van der Waals surface area (Å²) < 4.78 is 5.05. The van der Waals surface area contributed by atoms with Gasteiger partial charge in [0.15, 0.2) is 5.58 Å². The molecular weight excluding hydrogens is 232 g/mol. The van der Waals surface area contributed by atoms with Gasteiger partial charge in [-0.15, -0.1) is 0 Å². The van der Waals surface area contributed by atoms with Crippen molar-refractivity contribution < 1.29 is 9.52 Å². The lowest BCUT2D eigenvalue weighted by Gasteiger charge is -2.25. The zero-order valence-corrected chi connectivity index (χ0v) is 10.1. The predicted molar refractivity (Wildman–Crippen MR) is 67.5 cm³/mol. The Balaban J connectivity index is 1.98. The van der Waals surface area contributed by atoms with E-state index in [9.17, 15) is 9.90 Å². The van der Waals surface area contributed by atoms with Crippen LogP contribution in [0.15, 0.2) is 27.4 Å². The average Bonchev–Trinajstić information content (AvgIpc) is 2.97. The van der Waals surface area contributed by atoms with Crippen LogP contribution in [0, 0.1) is 0 Å². The molecule has 96 valence electrons. The summed E-state index contributed by atoms with van der Waals surface area (Å²) in [6.45, 7) is 2.11. The molecule has 1 aromatic carbocycles. The van der Waals surface area contributed by atoms with Gasteiger partial charge in [0.25, 0.3) is 0 Å². The van der Waals surface area contributed by atoms with Crippen LogP contribution in [-0.2, 0) is 0 Å². The van der Waals surface area contributed by atoms with Gasteiger partial charge >= 0.3 is 5.76 Å². The number of hydrogen-bond donors (Lipinski definition) is 2. The number of rotatable bonds is 3. The number of aliphatic hydroxyl groups excluding tert-OH is 1. The van der Waals surface area contributed by atoms with Crippen molar-refractivity contribution in [2.24, 2.45) is 0 Å². The Morgan fingerprint density at radius 3 is 2.89 bits per heavy atom. The average molecular weight is 248 g/mol. The lowest BCUT2D eigenvalue weighted by atomic mass is 10.1. The molecule has 5 heteroatoms. The maximum atomic E-state index is 11.1. The Hall–Kier alpha value is -1.59. The summed E-state index contributed by atoms with van der Waals surface area (Å²) in [5.41, 5.74) is 2.24. The summed E-state index contributed by atoms with van der Waals surface area (Å²) in [5, 5.41) is 9.58. The highest BCUT2D eigenvalue weighted by Crippen LogP contribution is 2.26. The fourth-order valence-electron chi connectivity index (χ4n) is 2.65. The fraction of sp³-hybridized carbons (Fsp3) is 0.462. The molecular formula is C13H16N2O3. The molecule has 3 rings (SSSR count). The highest BCUT2D eigenvalue weighted by atomic mass is 16.4. The Bertz CT molecular complexity index is 596. The minimum absolute atomic E-state index is 0.00268. The summed E-state index contributed by atoms with van der Waals surface area (Å²) >= 11 is 0. The maximum Gasteiger partial charge on any atom is 0.417 e. The van der Waals surface area contributed by atoms with E-state index in [1.54, 1.807) is 0 Å². The second kappa shape index (κ2) is 4.59. The van der Waals surface area contributed by atoms with E-state index in [1.807, 2.05) is 18.2 Å².